The molecule has 1 amide bonds. The lowest BCUT2D eigenvalue weighted by Gasteiger charge is -2.14. The van der Waals surface area contributed by atoms with Crippen LogP contribution in [-0.2, 0) is 11.2 Å². The number of hydrogen-bond donors (Lipinski definition) is 0. The topological polar surface area (TPSA) is 20.3 Å². The summed E-state index contributed by atoms with van der Waals surface area (Å²) in [6, 6.07) is 10.0. The molecule has 1 aliphatic rings. The molecule has 3 rings (SSSR count). The van der Waals surface area contributed by atoms with E-state index in [1.54, 1.807) is 11.3 Å². The molecule has 110 valence electrons. The second-order valence-electron chi connectivity index (χ2n) is 5.46. The third-order valence-corrected chi connectivity index (χ3v) is 5.34. The molecule has 1 saturated heterocycles. The van der Waals surface area contributed by atoms with E-state index in [1.807, 2.05) is 29.2 Å². The van der Waals surface area contributed by atoms with Crippen LogP contribution in [0.5, 0.6) is 0 Å². The molecule has 0 unspecified atom stereocenters. The van der Waals surface area contributed by atoms with Gasteiger partial charge in [-0.15, -0.1) is 11.3 Å². The molecule has 21 heavy (non-hydrogen) atoms. The highest BCUT2D eigenvalue weighted by Gasteiger charge is 2.19. The van der Waals surface area contributed by atoms with Crippen molar-refractivity contribution in [2.45, 2.75) is 26.2 Å². The van der Waals surface area contributed by atoms with Gasteiger partial charge in [-0.1, -0.05) is 23.7 Å². The Kier molecular flexibility index (Phi) is 4.32. The van der Waals surface area contributed by atoms with Crippen molar-refractivity contribution in [3.8, 4) is 10.4 Å². The van der Waals surface area contributed by atoms with Crippen LogP contribution in [0.25, 0.3) is 10.4 Å². The summed E-state index contributed by atoms with van der Waals surface area (Å²) in [5, 5.41) is 0.747. The van der Waals surface area contributed by atoms with Gasteiger partial charge < -0.3 is 4.90 Å². The molecular weight excluding hydrogens is 302 g/mol. The lowest BCUT2D eigenvalue weighted by Crippen LogP contribution is -2.29. The molecule has 2 nitrogen and oxygen atoms in total. The van der Waals surface area contributed by atoms with Gasteiger partial charge in [-0.2, -0.15) is 0 Å². The van der Waals surface area contributed by atoms with Gasteiger partial charge in [-0.05, 0) is 49.1 Å². The maximum atomic E-state index is 12.3. The van der Waals surface area contributed by atoms with Crippen molar-refractivity contribution in [1.82, 2.24) is 4.90 Å². The molecular formula is C17H18ClNOS. The van der Waals surface area contributed by atoms with Crippen LogP contribution in [0.15, 0.2) is 30.3 Å². The van der Waals surface area contributed by atoms with Gasteiger partial charge in [0.2, 0.25) is 5.91 Å². The van der Waals surface area contributed by atoms with Crippen molar-refractivity contribution in [3.63, 3.8) is 0 Å². The maximum Gasteiger partial charge on any atom is 0.227 e. The SMILES string of the molecule is Cc1sc(-c2ccc(Cl)cc2)cc1CC(=O)N1CCCC1. The van der Waals surface area contributed by atoms with Gasteiger partial charge in [0.1, 0.15) is 0 Å². The number of amides is 1. The van der Waals surface area contributed by atoms with E-state index in [1.165, 1.54) is 9.75 Å². The smallest absolute Gasteiger partial charge is 0.227 e. The summed E-state index contributed by atoms with van der Waals surface area (Å²) in [6.07, 6.45) is 2.81. The van der Waals surface area contributed by atoms with Gasteiger partial charge in [0.15, 0.2) is 0 Å². The number of carbonyl (C=O) groups excluding carboxylic acids is 1. The molecule has 0 radical (unpaired) electrons. The van der Waals surface area contributed by atoms with E-state index < -0.39 is 0 Å². The summed E-state index contributed by atoms with van der Waals surface area (Å²) in [4.78, 5) is 16.7. The molecule has 2 heterocycles. The molecule has 2 aromatic rings. The monoisotopic (exact) mass is 319 g/mol. The van der Waals surface area contributed by atoms with E-state index in [-0.39, 0.29) is 5.91 Å². The summed E-state index contributed by atoms with van der Waals surface area (Å²) in [5.74, 6) is 0.260. The van der Waals surface area contributed by atoms with Crippen LogP contribution in [0.4, 0.5) is 0 Å². The largest absolute Gasteiger partial charge is 0.342 e. The van der Waals surface area contributed by atoms with Crippen LogP contribution in [-0.4, -0.2) is 23.9 Å². The number of thiophene rings is 1. The number of carbonyl (C=O) groups is 1. The number of benzene rings is 1. The number of likely N-dealkylation sites (tertiary alicyclic amines) is 1. The minimum atomic E-state index is 0.260. The molecule has 0 saturated carbocycles. The summed E-state index contributed by atoms with van der Waals surface area (Å²) in [5.41, 5.74) is 2.31. The van der Waals surface area contributed by atoms with E-state index in [9.17, 15) is 4.79 Å². The minimum absolute atomic E-state index is 0.260. The van der Waals surface area contributed by atoms with Crippen LogP contribution < -0.4 is 0 Å². The van der Waals surface area contributed by atoms with Crippen molar-refractivity contribution in [2.75, 3.05) is 13.1 Å². The van der Waals surface area contributed by atoms with E-state index in [2.05, 4.69) is 13.0 Å². The summed E-state index contributed by atoms with van der Waals surface area (Å²) in [7, 11) is 0. The Bertz CT molecular complexity index is 641. The number of halogens is 1. The van der Waals surface area contributed by atoms with Crippen LogP contribution >= 0.6 is 22.9 Å². The number of hydrogen-bond acceptors (Lipinski definition) is 2. The Balaban J connectivity index is 1.77. The quantitative estimate of drug-likeness (QED) is 0.813. The maximum absolute atomic E-state index is 12.3. The fourth-order valence-corrected chi connectivity index (χ4v) is 3.87. The first-order valence-corrected chi connectivity index (χ1v) is 8.46. The average Bonchev–Trinajstić information content (AvgIpc) is 3.10. The fraction of sp³-hybridized carbons (Fsp3) is 0.353. The van der Waals surface area contributed by atoms with Crippen molar-refractivity contribution in [1.29, 1.82) is 0 Å². The summed E-state index contributed by atoms with van der Waals surface area (Å²) >= 11 is 7.67. The Morgan fingerprint density at radius 1 is 1.24 bits per heavy atom. The highest BCUT2D eigenvalue weighted by Crippen LogP contribution is 2.32. The van der Waals surface area contributed by atoms with E-state index >= 15 is 0 Å². The summed E-state index contributed by atoms with van der Waals surface area (Å²) in [6.45, 7) is 3.94. The van der Waals surface area contributed by atoms with Gasteiger partial charge in [0.05, 0.1) is 6.42 Å². The van der Waals surface area contributed by atoms with Crippen molar-refractivity contribution in [2.24, 2.45) is 0 Å². The van der Waals surface area contributed by atoms with E-state index in [0.29, 0.717) is 6.42 Å². The van der Waals surface area contributed by atoms with Crippen molar-refractivity contribution in [3.05, 3.63) is 45.8 Å². The Morgan fingerprint density at radius 3 is 2.57 bits per heavy atom. The van der Waals surface area contributed by atoms with Crippen LogP contribution in [0.3, 0.4) is 0 Å². The van der Waals surface area contributed by atoms with Gasteiger partial charge in [0, 0.05) is 27.9 Å². The normalized spacial score (nSPS) is 14.7. The lowest BCUT2D eigenvalue weighted by molar-refractivity contribution is -0.129. The van der Waals surface area contributed by atoms with Crippen LogP contribution in [0.2, 0.25) is 5.02 Å². The predicted molar refractivity (Wildman–Crippen MR) is 89.0 cm³/mol. The molecule has 1 aromatic heterocycles. The molecule has 0 bridgehead atoms. The van der Waals surface area contributed by atoms with Crippen molar-refractivity contribution >= 4 is 28.8 Å². The first-order chi connectivity index (χ1) is 10.1. The Labute approximate surface area is 134 Å². The molecule has 1 fully saturated rings. The predicted octanol–water partition coefficient (Wildman–Crippen LogP) is 4.54. The number of aryl methyl sites for hydroxylation is 1. The van der Waals surface area contributed by atoms with Crippen molar-refractivity contribution < 1.29 is 4.79 Å². The molecule has 1 aliphatic heterocycles. The Hall–Kier alpha value is -1.32. The Morgan fingerprint density at radius 2 is 1.90 bits per heavy atom. The third kappa shape index (κ3) is 3.30. The highest BCUT2D eigenvalue weighted by atomic mass is 35.5. The zero-order valence-corrected chi connectivity index (χ0v) is 13.6. The molecule has 0 aliphatic carbocycles. The van der Waals surface area contributed by atoms with Crippen LogP contribution in [0, 0.1) is 6.92 Å². The first-order valence-electron chi connectivity index (χ1n) is 7.26. The number of nitrogens with zero attached hydrogens (tertiary/aromatic N) is 1. The average molecular weight is 320 g/mol. The molecule has 4 heteroatoms. The zero-order chi connectivity index (χ0) is 14.8. The minimum Gasteiger partial charge on any atom is -0.342 e. The van der Waals surface area contributed by atoms with Crippen LogP contribution in [0.1, 0.15) is 23.3 Å². The van der Waals surface area contributed by atoms with Gasteiger partial charge in [-0.25, -0.2) is 0 Å². The third-order valence-electron chi connectivity index (χ3n) is 3.95. The second kappa shape index (κ2) is 6.20. The second-order valence-corrected chi connectivity index (χ2v) is 7.16. The van der Waals surface area contributed by atoms with Gasteiger partial charge in [0.25, 0.3) is 0 Å². The number of rotatable bonds is 3. The van der Waals surface area contributed by atoms with E-state index in [4.69, 9.17) is 11.6 Å². The molecule has 1 aromatic carbocycles. The molecule has 0 spiro atoms. The fourth-order valence-electron chi connectivity index (χ4n) is 2.69. The molecule has 0 N–H and O–H groups in total. The molecule has 0 atom stereocenters. The lowest BCUT2D eigenvalue weighted by atomic mass is 10.1. The van der Waals surface area contributed by atoms with Gasteiger partial charge in [-0.3, -0.25) is 4.79 Å². The van der Waals surface area contributed by atoms with Gasteiger partial charge >= 0.3 is 0 Å². The highest BCUT2D eigenvalue weighted by molar-refractivity contribution is 7.15. The summed E-state index contributed by atoms with van der Waals surface area (Å²) < 4.78 is 0. The van der Waals surface area contributed by atoms with E-state index in [0.717, 1.165) is 42.1 Å². The first kappa shape index (κ1) is 14.6. The standard InChI is InChI=1S/C17H18ClNOS/c1-12-14(11-17(20)19-8-2-3-9-19)10-16(21-12)13-4-6-15(18)7-5-13/h4-7,10H,2-3,8-9,11H2,1H3. The zero-order valence-electron chi connectivity index (χ0n) is 12.1.